The van der Waals surface area contributed by atoms with Crippen LogP contribution >= 0.6 is 0 Å². The fourth-order valence-electron chi connectivity index (χ4n) is 2.58. The summed E-state index contributed by atoms with van der Waals surface area (Å²) in [7, 11) is 0. The molecule has 0 fully saturated rings. The lowest BCUT2D eigenvalue weighted by Crippen LogP contribution is -1.83. The first-order chi connectivity index (χ1) is 8.83. The number of nitrogens with one attached hydrogen (secondary N) is 1. The van der Waals surface area contributed by atoms with E-state index in [1.807, 2.05) is 6.20 Å². The predicted octanol–water partition coefficient (Wildman–Crippen LogP) is 2.94. The Balaban J connectivity index is 1.90. The topological polar surface area (TPSA) is 54.7 Å². The van der Waals surface area contributed by atoms with E-state index in [4.69, 9.17) is 4.42 Å². The van der Waals surface area contributed by atoms with Gasteiger partial charge in [0.25, 0.3) is 0 Å². The van der Waals surface area contributed by atoms with Gasteiger partial charge < -0.3 is 9.40 Å². The lowest BCUT2D eigenvalue weighted by atomic mass is 10.1. The molecule has 4 heteroatoms. The molecule has 0 saturated carbocycles. The zero-order valence-electron chi connectivity index (χ0n) is 9.90. The SMILES string of the molecule is Cc1nnc(-c2c[nH]c3c2Cc2ccccc2-3)o1. The predicted molar refractivity (Wildman–Crippen MR) is 67.1 cm³/mol. The highest BCUT2D eigenvalue weighted by Gasteiger charge is 2.25. The maximum Gasteiger partial charge on any atom is 0.249 e. The summed E-state index contributed by atoms with van der Waals surface area (Å²) in [5.41, 5.74) is 6.06. The molecule has 0 atom stereocenters. The Labute approximate surface area is 104 Å². The number of aryl methyl sites for hydroxylation is 1. The van der Waals surface area contributed by atoms with Crippen molar-refractivity contribution in [3.05, 3.63) is 47.5 Å². The van der Waals surface area contributed by atoms with Crippen LogP contribution in [0.3, 0.4) is 0 Å². The van der Waals surface area contributed by atoms with Crippen LogP contribution in [0.5, 0.6) is 0 Å². The Morgan fingerprint density at radius 2 is 2.06 bits per heavy atom. The van der Waals surface area contributed by atoms with E-state index in [2.05, 4.69) is 39.4 Å². The van der Waals surface area contributed by atoms with Gasteiger partial charge in [-0.25, -0.2) is 0 Å². The summed E-state index contributed by atoms with van der Waals surface area (Å²) in [6.07, 6.45) is 2.87. The summed E-state index contributed by atoms with van der Waals surface area (Å²) in [5, 5.41) is 7.98. The lowest BCUT2D eigenvalue weighted by Gasteiger charge is -1.96. The maximum atomic E-state index is 5.51. The van der Waals surface area contributed by atoms with Gasteiger partial charge in [-0.2, -0.15) is 0 Å². The first-order valence-corrected chi connectivity index (χ1v) is 5.92. The number of fused-ring (bicyclic) bond motifs is 3. The minimum atomic E-state index is 0.593. The molecule has 0 saturated heterocycles. The molecule has 1 aliphatic carbocycles. The number of hydrogen-bond acceptors (Lipinski definition) is 3. The Morgan fingerprint density at radius 3 is 2.89 bits per heavy atom. The van der Waals surface area contributed by atoms with Gasteiger partial charge in [-0.3, -0.25) is 0 Å². The number of H-pyrrole nitrogens is 1. The van der Waals surface area contributed by atoms with E-state index in [1.165, 1.54) is 22.4 Å². The van der Waals surface area contributed by atoms with Crippen LogP contribution in [0, 0.1) is 6.92 Å². The van der Waals surface area contributed by atoms with Crippen LogP contribution in [-0.4, -0.2) is 15.2 Å². The summed E-state index contributed by atoms with van der Waals surface area (Å²) in [4.78, 5) is 3.32. The second-order valence-corrected chi connectivity index (χ2v) is 4.52. The zero-order chi connectivity index (χ0) is 12.1. The van der Waals surface area contributed by atoms with Crippen molar-refractivity contribution >= 4 is 0 Å². The van der Waals surface area contributed by atoms with Gasteiger partial charge >= 0.3 is 0 Å². The molecule has 18 heavy (non-hydrogen) atoms. The quantitative estimate of drug-likeness (QED) is 0.553. The monoisotopic (exact) mass is 237 g/mol. The van der Waals surface area contributed by atoms with Crippen LogP contribution < -0.4 is 0 Å². The summed E-state index contributed by atoms with van der Waals surface area (Å²) < 4.78 is 5.51. The Hall–Kier alpha value is -2.36. The van der Waals surface area contributed by atoms with Gasteiger partial charge in [0.1, 0.15) is 0 Å². The number of aromatic amines is 1. The molecule has 1 aliphatic rings. The van der Waals surface area contributed by atoms with Crippen molar-refractivity contribution in [1.29, 1.82) is 0 Å². The second-order valence-electron chi connectivity index (χ2n) is 4.52. The normalized spacial score (nSPS) is 12.5. The molecule has 0 amide bonds. The molecule has 2 aromatic heterocycles. The first kappa shape index (κ1) is 9.65. The molecule has 3 aromatic rings. The van der Waals surface area contributed by atoms with Gasteiger partial charge in [-0.05, 0) is 11.1 Å². The zero-order valence-corrected chi connectivity index (χ0v) is 9.90. The van der Waals surface area contributed by atoms with E-state index >= 15 is 0 Å². The van der Waals surface area contributed by atoms with Crippen LogP contribution in [0.2, 0.25) is 0 Å². The smallest absolute Gasteiger partial charge is 0.249 e. The van der Waals surface area contributed by atoms with Crippen molar-refractivity contribution in [2.45, 2.75) is 13.3 Å². The minimum absolute atomic E-state index is 0.593. The second kappa shape index (κ2) is 3.32. The maximum absolute atomic E-state index is 5.51. The van der Waals surface area contributed by atoms with Gasteiger partial charge in [0.15, 0.2) is 0 Å². The van der Waals surface area contributed by atoms with Crippen LogP contribution in [0.15, 0.2) is 34.9 Å². The van der Waals surface area contributed by atoms with Crippen LogP contribution in [0.4, 0.5) is 0 Å². The van der Waals surface area contributed by atoms with Crippen LogP contribution in [0.25, 0.3) is 22.7 Å². The molecule has 88 valence electrons. The minimum Gasteiger partial charge on any atom is -0.421 e. The van der Waals surface area contributed by atoms with E-state index in [9.17, 15) is 0 Å². The van der Waals surface area contributed by atoms with Crippen molar-refractivity contribution in [2.24, 2.45) is 0 Å². The molecular weight excluding hydrogens is 226 g/mol. The Kier molecular flexibility index (Phi) is 1.78. The third kappa shape index (κ3) is 1.20. The van der Waals surface area contributed by atoms with Crippen molar-refractivity contribution in [1.82, 2.24) is 15.2 Å². The summed E-state index contributed by atoms with van der Waals surface area (Å²) in [6.45, 7) is 1.80. The van der Waals surface area contributed by atoms with E-state index in [-0.39, 0.29) is 0 Å². The van der Waals surface area contributed by atoms with Gasteiger partial charge in [-0.1, -0.05) is 24.3 Å². The largest absolute Gasteiger partial charge is 0.421 e. The number of aromatic nitrogens is 3. The number of rotatable bonds is 1. The molecule has 0 aliphatic heterocycles. The number of benzene rings is 1. The van der Waals surface area contributed by atoms with Crippen molar-refractivity contribution in [3.8, 4) is 22.7 Å². The first-order valence-electron chi connectivity index (χ1n) is 5.92. The molecule has 0 radical (unpaired) electrons. The molecule has 4 rings (SSSR count). The molecular formula is C14H11N3O. The summed E-state index contributed by atoms with van der Waals surface area (Å²) in [6, 6.07) is 8.43. The highest BCUT2D eigenvalue weighted by Crippen LogP contribution is 2.40. The molecule has 0 spiro atoms. The van der Waals surface area contributed by atoms with Crippen LogP contribution in [-0.2, 0) is 6.42 Å². The molecule has 1 aromatic carbocycles. The molecule has 0 bridgehead atoms. The van der Waals surface area contributed by atoms with E-state index < -0.39 is 0 Å². The van der Waals surface area contributed by atoms with Crippen molar-refractivity contribution in [3.63, 3.8) is 0 Å². The number of nitrogens with zero attached hydrogens (tertiary/aromatic N) is 2. The van der Waals surface area contributed by atoms with E-state index in [1.54, 1.807) is 6.92 Å². The average molecular weight is 237 g/mol. The molecule has 0 unspecified atom stereocenters. The summed E-state index contributed by atoms with van der Waals surface area (Å²) in [5.74, 6) is 1.19. The third-order valence-corrected chi connectivity index (χ3v) is 3.40. The fourth-order valence-corrected chi connectivity index (χ4v) is 2.58. The highest BCUT2D eigenvalue weighted by atomic mass is 16.4. The molecule has 2 heterocycles. The van der Waals surface area contributed by atoms with Gasteiger partial charge in [-0.15, -0.1) is 10.2 Å². The Bertz CT molecular complexity index is 739. The standard InChI is InChI=1S/C14H11N3O/c1-8-16-17-14(18-8)12-7-15-13-10-5-3-2-4-9(10)6-11(12)13/h2-5,7,15H,6H2,1H3. The van der Waals surface area contributed by atoms with Gasteiger partial charge in [0.05, 0.1) is 11.3 Å². The van der Waals surface area contributed by atoms with Crippen LogP contribution in [0.1, 0.15) is 17.0 Å². The van der Waals surface area contributed by atoms with Gasteiger partial charge in [0, 0.05) is 25.1 Å². The average Bonchev–Trinajstić information content (AvgIpc) is 3.03. The third-order valence-electron chi connectivity index (χ3n) is 3.40. The van der Waals surface area contributed by atoms with Crippen molar-refractivity contribution < 1.29 is 4.42 Å². The summed E-state index contributed by atoms with van der Waals surface area (Å²) >= 11 is 0. The highest BCUT2D eigenvalue weighted by molar-refractivity contribution is 5.80. The van der Waals surface area contributed by atoms with Gasteiger partial charge in [0.2, 0.25) is 11.8 Å². The lowest BCUT2D eigenvalue weighted by molar-refractivity contribution is 0.532. The fraction of sp³-hybridized carbons (Fsp3) is 0.143. The molecule has 4 nitrogen and oxygen atoms in total. The number of hydrogen-bond donors (Lipinski definition) is 1. The Morgan fingerprint density at radius 1 is 1.17 bits per heavy atom. The van der Waals surface area contributed by atoms with E-state index in [0.717, 1.165) is 12.0 Å². The molecule has 1 N–H and O–H groups in total. The van der Waals surface area contributed by atoms with Crippen molar-refractivity contribution in [2.75, 3.05) is 0 Å². The van der Waals surface area contributed by atoms with E-state index in [0.29, 0.717) is 11.8 Å².